The number of rotatable bonds is 10. The van der Waals surface area contributed by atoms with Crippen molar-refractivity contribution in [2.24, 2.45) is 11.8 Å². The number of esters is 1. The molecule has 0 saturated heterocycles. The van der Waals surface area contributed by atoms with Gasteiger partial charge in [0.15, 0.2) is 0 Å². The molecule has 2 nitrogen and oxygen atoms in total. The van der Waals surface area contributed by atoms with E-state index in [0.29, 0.717) is 18.9 Å². The normalized spacial score (nSPS) is 13.2. The molecule has 0 spiro atoms. The standard InChI is InChI=1S/C18H32O2/c1-6-15(3)10-8-11-16(4)12-9-13-17(5)14-18(19)20-7-2/h9,15-16H,6-8,10-12,14H2,1-5H3. The first-order chi connectivity index (χ1) is 9.49. The van der Waals surface area contributed by atoms with Crippen molar-refractivity contribution in [1.82, 2.24) is 0 Å². The first kappa shape index (κ1) is 19.0. The van der Waals surface area contributed by atoms with E-state index >= 15 is 0 Å². The largest absolute Gasteiger partial charge is 0.466 e. The van der Waals surface area contributed by atoms with E-state index in [1.54, 1.807) is 0 Å². The summed E-state index contributed by atoms with van der Waals surface area (Å²) in [4.78, 5) is 11.3. The molecule has 0 N–H and O–H groups in total. The number of hydrogen-bond acceptors (Lipinski definition) is 2. The fourth-order valence-electron chi connectivity index (χ4n) is 2.05. The van der Waals surface area contributed by atoms with Gasteiger partial charge in [0, 0.05) is 0 Å². The van der Waals surface area contributed by atoms with Gasteiger partial charge in [0.1, 0.15) is 0 Å². The number of carbonyl (C=O) groups is 1. The van der Waals surface area contributed by atoms with Gasteiger partial charge in [-0.15, -0.1) is 5.73 Å². The monoisotopic (exact) mass is 280 g/mol. The van der Waals surface area contributed by atoms with Crippen LogP contribution in [0.3, 0.4) is 0 Å². The van der Waals surface area contributed by atoms with E-state index in [9.17, 15) is 4.79 Å². The van der Waals surface area contributed by atoms with Crippen molar-refractivity contribution < 1.29 is 9.53 Å². The second-order valence-corrected chi connectivity index (χ2v) is 5.90. The molecule has 0 aliphatic carbocycles. The Morgan fingerprint density at radius 1 is 1.20 bits per heavy atom. The van der Waals surface area contributed by atoms with Gasteiger partial charge in [0.05, 0.1) is 13.0 Å². The SMILES string of the molecule is CCOC(=O)CC(C)=C=CCC(C)CCCC(C)CC. The Morgan fingerprint density at radius 3 is 2.45 bits per heavy atom. The highest BCUT2D eigenvalue weighted by Crippen LogP contribution is 2.17. The van der Waals surface area contributed by atoms with Crippen molar-refractivity contribution in [3.8, 4) is 0 Å². The average Bonchev–Trinajstić information content (AvgIpc) is 2.38. The molecule has 0 aliphatic heterocycles. The van der Waals surface area contributed by atoms with E-state index in [0.717, 1.165) is 17.9 Å². The molecule has 0 aromatic carbocycles. The molecule has 0 heterocycles. The van der Waals surface area contributed by atoms with E-state index in [1.807, 2.05) is 13.8 Å². The van der Waals surface area contributed by atoms with Crippen LogP contribution in [0.4, 0.5) is 0 Å². The molecule has 0 aliphatic rings. The molecule has 0 saturated carbocycles. The molecular formula is C18H32O2. The summed E-state index contributed by atoms with van der Waals surface area (Å²) < 4.78 is 4.91. The summed E-state index contributed by atoms with van der Waals surface area (Å²) in [6, 6.07) is 0. The zero-order valence-electron chi connectivity index (χ0n) is 14.0. The molecule has 0 fully saturated rings. The predicted molar refractivity (Wildman–Crippen MR) is 85.6 cm³/mol. The fourth-order valence-corrected chi connectivity index (χ4v) is 2.05. The molecule has 0 bridgehead atoms. The smallest absolute Gasteiger partial charge is 0.310 e. The van der Waals surface area contributed by atoms with Crippen LogP contribution < -0.4 is 0 Å². The summed E-state index contributed by atoms with van der Waals surface area (Å²) in [6.07, 6.45) is 8.68. The number of hydrogen-bond donors (Lipinski definition) is 0. The molecule has 2 heteroatoms. The van der Waals surface area contributed by atoms with Crippen LogP contribution in [0.25, 0.3) is 0 Å². The van der Waals surface area contributed by atoms with Crippen molar-refractivity contribution in [2.75, 3.05) is 6.61 Å². The Kier molecular flexibility index (Phi) is 11.2. The molecule has 2 unspecified atom stereocenters. The zero-order chi connectivity index (χ0) is 15.4. The van der Waals surface area contributed by atoms with Gasteiger partial charge in [-0.3, -0.25) is 4.79 Å². The maximum absolute atomic E-state index is 11.3. The van der Waals surface area contributed by atoms with Gasteiger partial charge < -0.3 is 4.74 Å². The van der Waals surface area contributed by atoms with Crippen LogP contribution in [0.15, 0.2) is 17.4 Å². The highest BCUT2D eigenvalue weighted by atomic mass is 16.5. The minimum atomic E-state index is -0.160. The Morgan fingerprint density at radius 2 is 1.85 bits per heavy atom. The van der Waals surface area contributed by atoms with Gasteiger partial charge in [-0.05, 0) is 43.8 Å². The molecule has 0 amide bonds. The summed E-state index contributed by atoms with van der Waals surface area (Å²) in [6.45, 7) is 11.1. The summed E-state index contributed by atoms with van der Waals surface area (Å²) in [5.74, 6) is 1.39. The summed E-state index contributed by atoms with van der Waals surface area (Å²) in [5.41, 5.74) is 4.16. The lowest BCUT2D eigenvalue weighted by Gasteiger charge is -2.11. The quantitative estimate of drug-likeness (QED) is 0.402. The second-order valence-electron chi connectivity index (χ2n) is 5.90. The van der Waals surface area contributed by atoms with E-state index in [-0.39, 0.29) is 5.97 Å². The van der Waals surface area contributed by atoms with E-state index in [4.69, 9.17) is 4.74 Å². The van der Waals surface area contributed by atoms with Crippen molar-refractivity contribution in [2.45, 2.75) is 73.1 Å². The van der Waals surface area contributed by atoms with Gasteiger partial charge in [-0.25, -0.2) is 0 Å². The molecule has 0 rings (SSSR count). The van der Waals surface area contributed by atoms with Gasteiger partial charge in [0.2, 0.25) is 0 Å². The van der Waals surface area contributed by atoms with Crippen LogP contribution >= 0.6 is 0 Å². The lowest BCUT2D eigenvalue weighted by Crippen LogP contribution is -2.03. The predicted octanol–water partition coefficient (Wildman–Crippen LogP) is 5.28. The van der Waals surface area contributed by atoms with E-state index in [2.05, 4.69) is 32.6 Å². The molecule has 116 valence electrons. The van der Waals surface area contributed by atoms with Crippen molar-refractivity contribution >= 4 is 5.97 Å². The van der Waals surface area contributed by atoms with Crippen LogP contribution in [0.1, 0.15) is 73.1 Å². The van der Waals surface area contributed by atoms with Crippen LogP contribution in [-0.2, 0) is 9.53 Å². The summed E-state index contributed by atoms with van der Waals surface area (Å²) in [5, 5.41) is 0. The van der Waals surface area contributed by atoms with Crippen LogP contribution in [0.5, 0.6) is 0 Å². The molecule has 0 aromatic rings. The fraction of sp³-hybridized carbons (Fsp3) is 0.778. The van der Waals surface area contributed by atoms with Gasteiger partial charge in [0.25, 0.3) is 0 Å². The zero-order valence-corrected chi connectivity index (χ0v) is 14.0. The lowest BCUT2D eigenvalue weighted by atomic mass is 9.95. The maximum Gasteiger partial charge on any atom is 0.310 e. The number of carbonyl (C=O) groups excluding carboxylic acids is 1. The van der Waals surface area contributed by atoms with Crippen LogP contribution in [-0.4, -0.2) is 12.6 Å². The summed E-state index contributed by atoms with van der Waals surface area (Å²) >= 11 is 0. The topological polar surface area (TPSA) is 26.3 Å². The molecule has 20 heavy (non-hydrogen) atoms. The maximum atomic E-state index is 11.3. The Balaban J connectivity index is 3.93. The van der Waals surface area contributed by atoms with Crippen molar-refractivity contribution in [3.63, 3.8) is 0 Å². The van der Waals surface area contributed by atoms with Gasteiger partial charge in [-0.2, -0.15) is 0 Å². The molecule has 0 radical (unpaired) electrons. The third kappa shape index (κ3) is 10.9. The van der Waals surface area contributed by atoms with Gasteiger partial charge in [-0.1, -0.05) is 46.5 Å². The van der Waals surface area contributed by atoms with Crippen molar-refractivity contribution in [3.05, 3.63) is 17.4 Å². The highest BCUT2D eigenvalue weighted by molar-refractivity contribution is 5.72. The highest BCUT2D eigenvalue weighted by Gasteiger charge is 2.03. The molecular weight excluding hydrogens is 248 g/mol. The van der Waals surface area contributed by atoms with Gasteiger partial charge >= 0.3 is 5.97 Å². The van der Waals surface area contributed by atoms with Crippen molar-refractivity contribution in [1.29, 1.82) is 0 Å². The summed E-state index contributed by atoms with van der Waals surface area (Å²) in [7, 11) is 0. The van der Waals surface area contributed by atoms with E-state index < -0.39 is 0 Å². The van der Waals surface area contributed by atoms with Crippen LogP contribution in [0.2, 0.25) is 0 Å². The third-order valence-electron chi connectivity index (χ3n) is 3.67. The first-order valence-corrected chi connectivity index (χ1v) is 8.05. The minimum Gasteiger partial charge on any atom is -0.466 e. The molecule has 2 atom stereocenters. The van der Waals surface area contributed by atoms with Crippen LogP contribution in [0, 0.1) is 11.8 Å². The van der Waals surface area contributed by atoms with E-state index in [1.165, 1.54) is 25.7 Å². The number of ether oxygens (including phenoxy) is 1. The Hall–Kier alpha value is -1.01. The second kappa shape index (κ2) is 11.8. The molecule has 0 aromatic heterocycles. The Labute approximate surface area is 125 Å². The minimum absolute atomic E-state index is 0.160. The first-order valence-electron chi connectivity index (χ1n) is 8.05. The average molecular weight is 280 g/mol. The Bertz CT molecular complexity index is 324. The third-order valence-corrected chi connectivity index (χ3v) is 3.67. The lowest BCUT2D eigenvalue weighted by molar-refractivity contribution is -0.142.